The maximum absolute atomic E-state index is 14.3. The summed E-state index contributed by atoms with van der Waals surface area (Å²) in [7, 11) is 0. The Morgan fingerprint density at radius 3 is 2.75 bits per heavy atom. The van der Waals surface area contributed by atoms with E-state index < -0.39 is 5.63 Å². The monoisotopic (exact) mass is 372 g/mol. The van der Waals surface area contributed by atoms with E-state index >= 15 is 0 Å². The fraction of sp³-hybridized carbons (Fsp3) is 0.130. The first-order valence-electron chi connectivity index (χ1n) is 9.23. The van der Waals surface area contributed by atoms with Crippen molar-refractivity contribution in [3.8, 4) is 0 Å². The molecule has 0 aliphatic heterocycles. The van der Waals surface area contributed by atoms with Gasteiger partial charge in [0.25, 0.3) is 0 Å². The van der Waals surface area contributed by atoms with Gasteiger partial charge in [-0.25, -0.2) is 14.2 Å². The molecule has 0 fully saturated rings. The molecule has 5 rings (SSSR count). The smallest absolute Gasteiger partial charge is 0.362 e. The van der Waals surface area contributed by atoms with E-state index in [1.807, 2.05) is 28.8 Å². The van der Waals surface area contributed by atoms with Crippen LogP contribution in [0.25, 0.3) is 32.9 Å². The van der Waals surface area contributed by atoms with Gasteiger partial charge >= 0.3 is 5.63 Å². The van der Waals surface area contributed by atoms with Crippen LogP contribution in [0, 0.1) is 5.82 Å². The number of benzene rings is 2. The lowest BCUT2D eigenvalue weighted by Gasteiger charge is -2.08. The van der Waals surface area contributed by atoms with Crippen LogP contribution in [-0.4, -0.2) is 9.55 Å². The standard InChI is InChI=1S/C23H17FN2O2/c1-2-14-9-10-19-17(12-14)20-16-7-5-11-25-22(16)28-23(27)21(20)26(19)13-15-6-3-4-8-18(15)24/h3-12H,2,13H2,1H3. The first-order chi connectivity index (χ1) is 13.7. The Labute approximate surface area is 159 Å². The molecule has 0 atom stereocenters. The van der Waals surface area contributed by atoms with E-state index in [1.165, 1.54) is 11.6 Å². The molecule has 3 aromatic heterocycles. The van der Waals surface area contributed by atoms with Crippen molar-refractivity contribution < 1.29 is 8.81 Å². The van der Waals surface area contributed by atoms with Gasteiger partial charge in [0, 0.05) is 33.4 Å². The molecule has 28 heavy (non-hydrogen) atoms. The summed E-state index contributed by atoms with van der Waals surface area (Å²) in [6.45, 7) is 2.34. The van der Waals surface area contributed by atoms with Crippen molar-refractivity contribution in [2.45, 2.75) is 19.9 Å². The molecular weight excluding hydrogens is 355 g/mol. The maximum Gasteiger partial charge on any atom is 0.362 e. The van der Waals surface area contributed by atoms with Crippen molar-refractivity contribution in [1.29, 1.82) is 0 Å². The molecule has 2 aromatic carbocycles. The largest absolute Gasteiger partial charge is 0.402 e. The fourth-order valence-corrected chi connectivity index (χ4v) is 3.87. The van der Waals surface area contributed by atoms with E-state index in [4.69, 9.17) is 4.42 Å². The lowest BCUT2D eigenvalue weighted by Crippen LogP contribution is -2.09. The third-order valence-electron chi connectivity index (χ3n) is 5.25. The topological polar surface area (TPSA) is 48.0 Å². The van der Waals surface area contributed by atoms with Crippen molar-refractivity contribution >= 4 is 32.9 Å². The molecule has 3 heterocycles. The third-order valence-corrected chi connectivity index (χ3v) is 5.25. The van der Waals surface area contributed by atoms with Crippen LogP contribution in [0.3, 0.4) is 0 Å². The van der Waals surface area contributed by atoms with Crippen molar-refractivity contribution in [2.24, 2.45) is 0 Å². The molecule has 138 valence electrons. The SMILES string of the molecule is CCc1ccc2c(c1)c1c3cccnc3oc(=O)c1n2Cc1ccccc1F. The molecule has 5 heteroatoms. The minimum atomic E-state index is -0.466. The first-order valence-corrected chi connectivity index (χ1v) is 9.23. The molecule has 0 amide bonds. The van der Waals surface area contributed by atoms with Crippen LogP contribution in [-0.2, 0) is 13.0 Å². The lowest BCUT2D eigenvalue weighted by atomic mass is 10.1. The van der Waals surface area contributed by atoms with Gasteiger partial charge in [-0.15, -0.1) is 0 Å². The zero-order valence-corrected chi connectivity index (χ0v) is 15.3. The van der Waals surface area contributed by atoms with Gasteiger partial charge in [-0.1, -0.05) is 31.2 Å². The second-order valence-electron chi connectivity index (χ2n) is 6.85. The molecule has 0 saturated heterocycles. The van der Waals surface area contributed by atoms with Crippen LogP contribution >= 0.6 is 0 Å². The van der Waals surface area contributed by atoms with Gasteiger partial charge < -0.3 is 8.98 Å². The van der Waals surface area contributed by atoms with Gasteiger partial charge in [0.05, 0.1) is 6.54 Å². The van der Waals surface area contributed by atoms with Crippen LogP contribution in [0.1, 0.15) is 18.1 Å². The lowest BCUT2D eigenvalue weighted by molar-refractivity contribution is 0.552. The number of hydrogen-bond donors (Lipinski definition) is 0. The fourth-order valence-electron chi connectivity index (χ4n) is 3.87. The number of hydrogen-bond acceptors (Lipinski definition) is 3. The van der Waals surface area contributed by atoms with Gasteiger partial charge in [0.1, 0.15) is 11.3 Å². The number of fused-ring (bicyclic) bond motifs is 5. The van der Waals surface area contributed by atoms with Crippen LogP contribution in [0.4, 0.5) is 4.39 Å². The highest BCUT2D eigenvalue weighted by Gasteiger charge is 2.19. The molecule has 0 aliphatic carbocycles. The van der Waals surface area contributed by atoms with E-state index in [1.54, 1.807) is 24.4 Å². The number of aromatic nitrogens is 2. The summed E-state index contributed by atoms with van der Waals surface area (Å²) in [5.74, 6) is -0.297. The minimum absolute atomic E-state index is 0.245. The second kappa shape index (κ2) is 6.30. The molecule has 0 radical (unpaired) electrons. The first kappa shape index (κ1) is 16.7. The van der Waals surface area contributed by atoms with Crippen molar-refractivity contribution in [1.82, 2.24) is 9.55 Å². The normalized spacial score (nSPS) is 11.6. The Morgan fingerprint density at radius 1 is 1.07 bits per heavy atom. The number of halogens is 1. The van der Waals surface area contributed by atoms with E-state index in [9.17, 15) is 9.18 Å². The third kappa shape index (κ3) is 2.43. The molecule has 0 bridgehead atoms. The molecule has 0 saturated carbocycles. The van der Waals surface area contributed by atoms with Crippen LogP contribution in [0.5, 0.6) is 0 Å². The Bertz CT molecular complexity index is 1420. The van der Waals surface area contributed by atoms with Crippen molar-refractivity contribution in [3.05, 3.63) is 88.2 Å². The Kier molecular flexibility index (Phi) is 3.76. The Morgan fingerprint density at radius 2 is 1.93 bits per heavy atom. The zero-order valence-electron chi connectivity index (χ0n) is 15.3. The van der Waals surface area contributed by atoms with Crippen LogP contribution in [0.15, 0.2) is 70.0 Å². The average molecular weight is 372 g/mol. The highest BCUT2D eigenvalue weighted by Crippen LogP contribution is 2.33. The van der Waals surface area contributed by atoms with Crippen LogP contribution < -0.4 is 5.63 Å². The van der Waals surface area contributed by atoms with Gasteiger partial charge in [0.15, 0.2) is 0 Å². The van der Waals surface area contributed by atoms with E-state index in [0.29, 0.717) is 16.8 Å². The van der Waals surface area contributed by atoms with E-state index in [-0.39, 0.29) is 12.4 Å². The Balaban J connectivity index is 1.95. The molecule has 0 unspecified atom stereocenters. The number of rotatable bonds is 3. The highest BCUT2D eigenvalue weighted by molar-refractivity contribution is 6.18. The highest BCUT2D eigenvalue weighted by atomic mass is 19.1. The number of aryl methyl sites for hydroxylation is 1. The summed E-state index contributed by atoms with van der Waals surface area (Å²) in [4.78, 5) is 17.1. The van der Waals surface area contributed by atoms with E-state index in [2.05, 4.69) is 18.0 Å². The average Bonchev–Trinajstić information content (AvgIpc) is 3.04. The quantitative estimate of drug-likeness (QED) is 0.445. The van der Waals surface area contributed by atoms with Crippen molar-refractivity contribution in [3.63, 3.8) is 0 Å². The predicted octanol–water partition coefficient (Wildman–Crippen LogP) is 5.05. The molecule has 5 aromatic rings. The maximum atomic E-state index is 14.3. The summed E-state index contributed by atoms with van der Waals surface area (Å²) in [5, 5.41) is 2.54. The minimum Gasteiger partial charge on any atom is -0.402 e. The number of pyridine rings is 1. The summed E-state index contributed by atoms with van der Waals surface area (Å²) in [6, 6.07) is 16.5. The molecule has 4 nitrogen and oxygen atoms in total. The van der Waals surface area contributed by atoms with Crippen LogP contribution in [0.2, 0.25) is 0 Å². The number of nitrogens with zero attached hydrogens (tertiary/aromatic N) is 2. The summed E-state index contributed by atoms with van der Waals surface area (Å²) in [6.07, 6.45) is 2.49. The van der Waals surface area contributed by atoms with Gasteiger partial charge in [-0.2, -0.15) is 0 Å². The second-order valence-corrected chi connectivity index (χ2v) is 6.85. The van der Waals surface area contributed by atoms with Gasteiger partial charge in [0.2, 0.25) is 5.71 Å². The van der Waals surface area contributed by atoms with Gasteiger partial charge in [-0.05, 0) is 42.3 Å². The molecule has 0 N–H and O–H groups in total. The predicted molar refractivity (Wildman–Crippen MR) is 108 cm³/mol. The zero-order chi connectivity index (χ0) is 19.3. The molecular formula is C23H17FN2O2. The molecule has 0 spiro atoms. The van der Waals surface area contributed by atoms with Gasteiger partial charge in [-0.3, -0.25) is 0 Å². The van der Waals surface area contributed by atoms with E-state index in [0.717, 1.165) is 28.1 Å². The Hall–Kier alpha value is -3.47. The summed E-state index contributed by atoms with van der Waals surface area (Å²) in [5.41, 5.74) is 2.85. The summed E-state index contributed by atoms with van der Waals surface area (Å²) >= 11 is 0. The summed E-state index contributed by atoms with van der Waals surface area (Å²) < 4.78 is 21.7. The molecule has 0 aliphatic rings. The van der Waals surface area contributed by atoms with Crippen molar-refractivity contribution in [2.75, 3.05) is 0 Å².